The zero-order valence-corrected chi connectivity index (χ0v) is 21.5. The first-order valence-electron chi connectivity index (χ1n) is 11.5. The van der Waals surface area contributed by atoms with Crippen LogP contribution in [-0.4, -0.2) is 46.2 Å². The molecule has 3 rings (SSSR count). The van der Waals surface area contributed by atoms with Crippen LogP contribution in [0.4, 0.5) is 5.69 Å². The molecule has 0 spiro atoms. The molecule has 2 aromatic carbocycles. The second-order valence-corrected chi connectivity index (χ2v) is 12.3. The van der Waals surface area contributed by atoms with Gasteiger partial charge >= 0.3 is 0 Å². The Kier molecular flexibility index (Phi) is 8.51. The van der Waals surface area contributed by atoms with Crippen LogP contribution in [0.3, 0.4) is 0 Å². The van der Waals surface area contributed by atoms with Gasteiger partial charge in [0.25, 0.3) is 0 Å². The van der Waals surface area contributed by atoms with Crippen molar-refractivity contribution in [3.63, 3.8) is 0 Å². The summed E-state index contributed by atoms with van der Waals surface area (Å²) in [7, 11) is -7.43. The molecule has 1 aliphatic rings. The predicted molar refractivity (Wildman–Crippen MR) is 133 cm³/mol. The first-order valence-corrected chi connectivity index (χ1v) is 14.5. The lowest BCUT2D eigenvalue weighted by molar-refractivity contribution is -0.115. The molecule has 2 N–H and O–H groups in total. The number of hydrogen-bond donors (Lipinski definition) is 2. The van der Waals surface area contributed by atoms with Gasteiger partial charge in [0.15, 0.2) is 0 Å². The summed E-state index contributed by atoms with van der Waals surface area (Å²) in [6.45, 7) is 5.87. The van der Waals surface area contributed by atoms with E-state index in [0.29, 0.717) is 37.1 Å². The van der Waals surface area contributed by atoms with Crippen molar-refractivity contribution in [3.8, 4) is 0 Å². The van der Waals surface area contributed by atoms with Crippen LogP contribution < -0.4 is 10.0 Å². The molecule has 2 aromatic rings. The molecule has 0 aliphatic carbocycles. The Bertz CT molecular complexity index is 1230. The molecule has 0 bridgehead atoms. The van der Waals surface area contributed by atoms with Gasteiger partial charge in [0, 0.05) is 31.2 Å². The molecule has 186 valence electrons. The Morgan fingerprint density at radius 2 is 1.74 bits per heavy atom. The Morgan fingerprint density at radius 1 is 1.03 bits per heavy atom. The average Bonchev–Trinajstić information content (AvgIpc) is 2.79. The number of benzene rings is 2. The minimum atomic E-state index is -3.78. The van der Waals surface area contributed by atoms with Crippen molar-refractivity contribution in [2.45, 2.75) is 68.7 Å². The van der Waals surface area contributed by atoms with Gasteiger partial charge < -0.3 is 5.32 Å². The van der Waals surface area contributed by atoms with Gasteiger partial charge in [-0.15, -0.1) is 0 Å². The monoisotopic (exact) mass is 507 g/mol. The molecule has 1 aliphatic heterocycles. The van der Waals surface area contributed by atoms with E-state index in [-0.39, 0.29) is 28.3 Å². The van der Waals surface area contributed by atoms with Crippen molar-refractivity contribution < 1.29 is 21.6 Å². The van der Waals surface area contributed by atoms with E-state index in [1.165, 1.54) is 10.4 Å². The highest BCUT2D eigenvalue weighted by Gasteiger charge is 2.33. The Morgan fingerprint density at radius 3 is 2.38 bits per heavy atom. The van der Waals surface area contributed by atoms with Crippen LogP contribution in [0.25, 0.3) is 0 Å². The number of anilines is 1. The highest BCUT2D eigenvalue weighted by atomic mass is 32.2. The Balaban J connectivity index is 1.68. The largest absolute Gasteiger partial charge is 0.326 e. The lowest BCUT2D eigenvalue weighted by atomic mass is 10.0. The van der Waals surface area contributed by atoms with Gasteiger partial charge in [-0.2, -0.15) is 4.31 Å². The average molecular weight is 508 g/mol. The summed E-state index contributed by atoms with van der Waals surface area (Å²) in [6.07, 6.45) is 3.10. The van der Waals surface area contributed by atoms with Gasteiger partial charge in [-0.05, 0) is 69.0 Å². The third-order valence-electron chi connectivity index (χ3n) is 6.04. The minimum Gasteiger partial charge on any atom is -0.326 e. The third-order valence-corrected chi connectivity index (χ3v) is 9.63. The molecule has 1 unspecified atom stereocenters. The molecule has 0 radical (unpaired) electrons. The number of nitrogens with one attached hydrogen (secondary N) is 2. The van der Waals surface area contributed by atoms with Crippen LogP contribution in [0.5, 0.6) is 0 Å². The summed E-state index contributed by atoms with van der Waals surface area (Å²) in [5.74, 6) is -0.147. The molecule has 0 saturated carbocycles. The fourth-order valence-electron chi connectivity index (χ4n) is 4.14. The summed E-state index contributed by atoms with van der Waals surface area (Å²) >= 11 is 0. The second kappa shape index (κ2) is 11.0. The molecule has 0 aromatic heterocycles. The molecule has 10 heteroatoms. The van der Waals surface area contributed by atoms with E-state index < -0.39 is 20.0 Å². The van der Waals surface area contributed by atoms with Gasteiger partial charge in [0.1, 0.15) is 0 Å². The zero-order valence-electron chi connectivity index (χ0n) is 19.9. The summed E-state index contributed by atoms with van der Waals surface area (Å²) in [4.78, 5) is 12.0. The van der Waals surface area contributed by atoms with Crippen LogP contribution in [-0.2, 0) is 24.8 Å². The Hall–Kier alpha value is -2.27. The predicted octanol–water partition coefficient (Wildman–Crippen LogP) is 3.56. The molecule has 8 nitrogen and oxygen atoms in total. The van der Waals surface area contributed by atoms with Crippen LogP contribution in [0.2, 0.25) is 0 Å². The lowest BCUT2D eigenvalue weighted by Gasteiger charge is -2.34. The van der Waals surface area contributed by atoms with Crippen molar-refractivity contribution in [1.29, 1.82) is 0 Å². The van der Waals surface area contributed by atoms with Crippen LogP contribution in [0.15, 0.2) is 52.3 Å². The number of rotatable bonds is 9. The molecule has 34 heavy (non-hydrogen) atoms. The summed E-state index contributed by atoms with van der Waals surface area (Å²) in [5, 5.41) is 2.72. The van der Waals surface area contributed by atoms with Crippen LogP contribution in [0.1, 0.15) is 50.2 Å². The number of amides is 1. The second-order valence-electron chi connectivity index (χ2n) is 8.65. The molecular weight excluding hydrogens is 474 g/mol. The summed E-state index contributed by atoms with van der Waals surface area (Å²) in [5.41, 5.74) is 2.05. The Labute approximate surface area is 202 Å². The normalized spacial score (nSPS) is 17.4. The van der Waals surface area contributed by atoms with E-state index in [1.54, 1.807) is 50.2 Å². The SMILES string of the molecule is CCC(=O)Nc1ccc(S(=O)(=O)NCCC2CCCCN2S(=O)(=O)c2ccc(C)cc2)c(C)c1. The highest BCUT2D eigenvalue weighted by Crippen LogP contribution is 2.27. The maximum atomic E-state index is 13.2. The summed E-state index contributed by atoms with van der Waals surface area (Å²) < 4.78 is 56.4. The molecule has 1 amide bonds. The van der Waals surface area contributed by atoms with E-state index >= 15 is 0 Å². The standard InChI is InChI=1S/C24H33N3O5S2/c1-4-24(28)26-20-10-13-23(19(3)17-20)33(29,30)25-15-14-21-7-5-6-16-27(21)34(31,32)22-11-8-18(2)9-12-22/h8-13,17,21,25H,4-7,14-16H2,1-3H3,(H,26,28). The minimum absolute atomic E-state index is 0.126. The fraction of sp³-hybridized carbons (Fsp3) is 0.458. The first kappa shape index (κ1) is 26.3. The molecule has 1 fully saturated rings. The maximum Gasteiger partial charge on any atom is 0.243 e. The van der Waals surface area contributed by atoms with E-state index in [0.717, 1.165) is 18.4 Å². The van der Waals surface area contributed by atoms with Crippen LogP contribution >= 0.6 is 0 Å². The number of piperidine rings is 1. The van der Waals surface area contributed by atoms with Gasteiger partial charge in [-0.25, -0.2) is 21.6 Å². The molecule has 1 heterocycles. The molecule has 1 atom stereocenters. The number of nitrogens with zero attached hydrogens (tertiary/aromatic N) is 1. The van der Waals surface area contributed by atoms with Crippen molar-refractivity contribution in [3.05, 3.63) is 53.6 Å². The number of hydrogen-bond acceptors (Lipinski definition) is 5. The van der Waals surface area contributed by atoms with Gasteiger partial charge in [0.05, 0.1) is 9.79 Å². The van der Waals surface area contributed by atoms with Crippen molar-refractivity contribution >= 4 is 31.6 Å². The quantitative estimate of drug-likeness (QED) is 0.539. The van der Waals surface area contributed by atoms with Crippen molar-refractivity contribution in [1.82, 2.24) is 9.03 Å². The smallest absolute Gasteiger partial charge is 0.243 e. The van der Waals surface area contributed by atoms with E-state index in [1.807, 2.05) is 6.92 Å². The zero-order chi connectivity index (χ0) is 24.9. The number of sulfonamides is 2. The number of carbonyl (C=O) groups excluding carboxylic acids is 1. The van der Waals surface area contributed by atoms with E-state index in [2.05, 4.69) is 10.0 Å². The van der Waals surface area contributed by atoms with E-state index in [9.17, 15) is 21.6 Å². The van der Waals surface area contributed by atoms with Crippen molar-refractivity contribution in [2.24, 2.45) is 0 Å². The number of carbonyl (C=O) groups is 1. The van der Waals surface area contributed by atoms with Crippen LogP contribution in [0, 0.1) is 13.8 Å². The maximum absolute atomic E-state index is 13.2. The first-order chi connectivity index (χ1) is 16.0. The summed E-state index contributed by atoms with van der Waals surface area (Å²) in [6, 6.07) is 11.2. The van der Waals surface area contributed by atoms with E-state index in [4.69, 9.17) is 0 Å². The third kappa shape index (κ3) is 6.24. The molecular formula is C24H33N3O5S2. The van der Waals surface area contributed by atoms with Gasteiger partial charge in [-0.3, -0.25) is 4.79 Å². The number of aryl methyl sites for hydroxylation is 2. The van der Waals surface area contributed by atoms with Gasteiger partial charge in [0.2, 0.25) is 26.0 Å². The molecule has 1 saturated heterocycles. The van der Waals surface area contributed by atoms with Crippen molar-refractivity contribution in [2.75, 3.05) is 18.4 Å². The lowest BCUT2D eigenvalue weighted by Crippen LogP contribution is -2.45. The van der Waals surface area contributed by atoms with Gasteiger partial charge in [-0.1, -0.05) is 31.0 Å². The highest BCUT2D eigenvalue weighted by molar-refractivity contribution is 7.89. The topological polar surface area (TPSA) is 113 Å². The fourth-order valence-corrected chi connectivity index (χ4v) is 7.14.